The normalized spacial score (nSPS) is 20.7. The topological polar surface area (TPSA) is 71.0 Å². The number of nitrogens with zero attached hydrogens (tertiary/aromatic N) is 2. The number of hydrogen-bond acceptors (Lipinski definition) is 5. The number of nitrogens with one attached hydrogen (secondary N) is 1. The molecule has 1 fully saturated rings. The highest BCUT2D eigenvalue weighted by atomic mass is 32.2. The SMILES string of the molecule is COc1ccc(NC(=O)C[C@@H]2SC(N3CCCCC3)=NC2=O)cc1. The van der Waals surface area contributed by atoms with E-state index < -0.39 is 5.25 Å². The van der Waals surface area contributed by atoms with Crippen molar-refractivity contribution in [1.82, 2.24) is 4.90 Å². The van der Waals surface area contributed by atoms with Gasteiger partial charge in [0.15, 0.2) is 5.17 Å². The molecule has 128 valence electrons. The Balaban J connectivity index is 1.52. The number of amidine groups is 1. The van der Waals surface area contributed by atoms with Crippen LogP contribution in [-0.2, 0) is 9.59 Å². The molecule has 1 aromatic rings. The van der Waals surface area contributed by atoms with E-state index in [1.807, 2.05) is 0 Å². The molecule has 2 aliphatic rings. The van der Waals surface area contributed by atoms with Crippen molar-refractivity contribution in [2.45, 2.75) is 30.9 Å². The van der Waals surface area contributed by atoms with Crippen molar-refractivity contribution < 1.29 is 14.3 Å². The smallest absolute Gasteiger partial charge is 0.262 e. The molecule has 1 saturated heterocycles. The molecule has 0 aromatic heterocycles. The minimum Gasteiger partial charge on any atom is -0.497 e. The summed E-state index contributed by atoms with van der Waals surface area (Å²) in [4.78, 5) is 30.6. The summed E-state index contributed by atoms with van der Waals surface area (Å²) in [5.74, 6) is 0.348. The Kier molecular flexibility index (Phi) is 5.40. The lowest BCUT2D eigenvalue weighted by Crippen LogP contribution is -2.33. The number of rotatable bonds is 4. The van der Waals surface area contributed by atoms with Crippen LogP contribution in [0.5, 0.6) is 5.75 Å². The van der Waals surface area contributed by atoms with Crippen molar-refractivity contribution in [3.05, 3.63) is 24.3 Å². The molecule has 2 amide bonds. The first-order valence-electron chi connectivity index (χ1n) is 8.14. The molecule has 0 aliphatic carbocycles. The second-order valence-electron chi connectivity index (χ2n) is 5.87. The molecule has 7 heteroatoms. The lowest BCUT2D eigenvalue weighted by Gasteiger charge is -2.27. The molecule has 3 rings (SSSR count). The Morgan fingerprint density at radius 1 is 1.29 bits per heavy atom. The highest BCUT2D eigenvalue weighted by Crippen LogP contribution is 2.29. The first-order valence-corrected chi connectivity index (χ1v) is 9.02. The first-order chi connectivity index (χ1) is 11.7. The highest BCUT2D eigenvalue weighted by molar-refractivity contribution is 8.15. The Hall–Kier alpha value is -2.02. The van der Waals surface area contributed by atoms with Crippen molar-refractivity contribution >= 4 is 34.4 Å². The number of carbonyl (C=O) groups is 2. The van der Waals surface area contributed by atoms with Gasteiger partial charge in [-0.2, -0.15) is 4.99 Å². The number of hydrogen-bond donors (Lipinski definition) is 1. The number of piperidine rings is 1. The molecule has 6 nitrogen and oxygen atoms in total. The number of aliphatic imine (C=N–C) groups is 1. The lowest BCUT2D eigenvalue weighted by molar-refractivity contribution is -0.121. The quantitative estimate of drug-likeness (QED) is 0.906. The van der Waals surface area contributed by atoms with Crippen LogP contribution in [0.15, 0.2) is 29.3 Å². The highest BCUT2D eigenvalue weighted by Gasteiger charge is 2.33. The van der Waals surface area contributed by atoms with Crippen LogP contribution in [0.4, 0.5) is 5.69 Å². The van der Waals surface area contributed by atoms with E-state index in [2.05, 4.69) is 15.2 Å². The second kappa shape index (κ2) is 7.70. The summed E-state index contributed by atoms with van der Waals surface area (Å²) in [6.45, 7) is 1.90. The van der Waals surface area contributed by atoms with Crippen LogP contribution in [0, 0.1) is 0 Å². The number of amides is 2. The number of likely N-dealkylation sites (tertiary alicyclic amines) is 1. The summed E-state index contributed by atoms with van der Waals surface area (Å²) in [6, 6.07) is 7.11. The molecule has 0 unspecified atom stereocenters. The van der Waals surface area contributed by atoms with Gasteiger partial charge in [-0.3, -0.25) is 9.59 Å². The molecule has 0 spiro atoms. The van der Waals surface area contributed by atoms with Gasteiger partial charge in [-0.1, -0.05) is 11.8 Å². The Morgan fingerprint density at radius 2 is 2.00 bits per heavy atom. The fourth-order valence-electron chi connectivity index (χ4n) is 2.78. The zero-order chi connectivity index (χ0) is 16.9. The third-order valence-electron chi connectivity index (χ3n) is 4.10. The predicted octanol–water partition coefficient (Wildman–Crippen LogP) is 2.51. The zero-order valence-electron chi connectivity index (χ0n) is 13.7. The number of methoxy groups -OCH3 is 1. The van der Waals surface area contributed by atoms with Crippen LogP contribution in [0.2, 0.25) is 0 Å². The van der Waals surface area contributed by atoms with Gasteiger partial charge in [0.25, 0.3) is 5.91 Å². The lowest BCUT2D eigenvalue weighted by atomic mass is 10.1. The molecule has 0 saturated carbocycles. The summed E-state index contributed by atoms with van der Waals surface area (Å²) >= 11 is 1.42. The third kappa shape index (κ3) is 4.08. The molecule has 0 bridgehead atoms. The van der Waals surface area contributed by atoms with Gasteiger partial charge in [0.1, 0.15) is 11.0 Å². The van der Waals surface area contributed by atoms with E-state index in [0.717, 1.165) is 36.8 Å². The van der Waals surface area contributed by atoms with Crippen LogP contribution >= 0.6 is 11.8 Å². The summed E-state index contributed by atoms with van der Waals surface area (Å²) in [5, 5.41) is 3.17. The average Bonchev–Trinajstić information content (AvgIpc) is 2.97. The second-order valence-corrected chi connectivity index (χ2v) is 7.04. The summed E-state index contributed by atoms with van der Waals surface area (Å²) in [7, 11) is 1.59. The molecular weight excluding hydrogens is 326 g/mol. The first kappa shape index (κ1) is 16.8. The maximum absolute atomic E-state index is 12.2. The Morgan fingerprint density at radius 3 is 2.67 bits per heavy atom. The van der Waals surface area contributed by atoms with Crippen LogP contribution in [-0.4, -0.2) is 47.3 Å². The summed E-state index contributed by atoms with van der Waals surface area (Å²) < 4.78 is 5.08. The minimum absolute atomic E-state index is 0.135. The van der Waals surface area contributed by atoms with Crippen molar-refractivity contribution in [3.63, 3.8) is 0 Å². The van der Waals surface area contributed by atoms with Crippen molar-refractivity contribution in [2.75, 3.05) is 25.5 Å². The summed E-state index contributed by atoms with van der Waals surface area (Å²) in [6.07, 6.45) is 3.64. The summed E-state index contributed by atoms with van der Waals surface area (Å²) in [5.41, 5.74) is 0.688. The van der Waals surface area contributed by atoms with Crippen LogP contribution in [0.3, 0.4) is 0 Å². The standard InChI is InChI=1S/C17H21N3O3S/c1-23-13-7-5-12(6-8-13)18-15(21)11-14-16(22)19-17(24-14)20-9-3-2-4-10-20/h5-8,14H,2-4,9-11H2,1H3,(H,18,21)/t14-/m0/s1. The molecule has 2 aliphatic heterocycles. The number of carbonyl (C=O) groups excluding carboxylic acids is 2. The van der Waals surface area contributed by atoms with Crippen LogP contribution in [0.1, 0.15) is 25.7 Å². The van der Waals surface area contributed by atoms with Gasteiger partial charge < -0.3 is 15.0 Å². The van der Waals surface area contributed by atoms with Gasteiger partial charge in [0.2, 0.25) is 5.91 Å². The molecular formula is C17H21N3O3S. The molecule has 1 N–H and O–H groups in total. The minimum atomic E-state index is -0.417. The fourth-order valence-corrected chi connectivity index (χ4v) is 3.90. The number of benzene rings is 1. The van der Waals surface area contributed by atoms with Gasteiger partial charge in [-0.25, -0.2) is 0 Å². The Bertz CT molecular complexity index is 639. The van der Waals surface area contributed by atoms with Crippen LogP contribution in [0.25, 0.3) is 0 Å². The van der Waals surface area contributed by atoms with Crippen molar-refractivity contribution in [2.24, 2.45) is 4.99 Å². The largest absolute Gasteiger partial charge is 0.497 e. The maximum atomic E-state index is 12.2. The molecule has 24 heavy (non-hydrogen) atoms. The number of thioether (sulfide) groups is 1. The van der Waals surface area contributed by atoms with Gasteiger partial charge in [-0.05, 0) is 43.5 Å². The molecule has 1 atom stereocenters. The third-order valence-corrected chi connectivity index (χ3v) is 5.31. The van der Waals surface area contributed by atoms with Crippen LogP contribution < -0.4 is 10.1 Å². The number of ether oxygens (including phenoxy) is 1. The zero-order valence-corrected chi connectivity index (χ0v) is 14.5. The van der Waals surface area contributed by atoms with E-state index in [0.29, 0.717) is 5.69 Å². The molecule has 2 heterocycles. The van der Waals surface area contributed by atoms with Crippen molar-refractivity contribution in [3.8, 4) is 5.75 Å². The fraction of sp³-hybridized carbons (Fsp3) is 0.471. The van der Waals surface area contributed by atoms with Gasteiger partial charge in [0, 0.05) is 25.2 Å². The van der Waals surface area contributed by atoms with E-state index in [1.165, 1.54) is 18.2 Å². The van der Waals surface area contributed by atoms with Gasteiger partial charge >= 0.3 is 0 Å². The predicted molar refractivity (Wildman–Crippen MR) is 95.5 cm³/mol. The van der Waals surface area contributed by atoms with E-state index >= 15 is 0 Å². The Labute approximate surface area is 145 Å². The number of anilines is 1. The maximum Gasteiger partial charge on any atom is 0.262 e. The van der Waals surface area contributed by atoms with Crippen molar-refractivity contribution in [1.29, 1.82) is 0 Å². The van der Waals surface area contributed by atoms with Gasteiger partial charge in [0.05, 0.1) is 7.11 Å². The van der Waals surface area contributed by atoms with E-state index in [4.69, 9.17) is 4.74 Å². The van der Waals surface area contributed by atoms with Gasteiger partial charge in [-0.15, -0.1) is 0 Å². The van der Waals surface area contributed by atoms with E-state index in [9.17, 15) is 9.59 Å². The molecule has 0 radical (unpaired) electrons. The molecule has 1 aromatic carbocycles. The van der Waals surface area contributed by atoms with E-state index in [-0.39, 0.29) is 18.2 Å². The average molecular weight is 347 g/mol. The van der Waals surface area contributed by atoms with E-state index in [1.54, 1.807) is 31.4 Å². The monoisotopic (exact) mass is 347 g/mol.